The fraction of sp³-hybridized carbons (Fsp3) is 0.222. The number of rotatable bonds is 2. The highest BCUT2D eigenvalue weighted by molar-refractivity contribution is 7.99. The molecule has 0 unspecified atom stereocenters. The van der Waals surface area contributed by atoms with E-state index in [0.29, 0.717) is 0 Å². The van der Waals surface area contributed by atoms with Gasteiger partial charge in [0.25, 0.3) is 0 Å². The molecule has 1 N–H and O–H groups in total. The molecule has 3 heteroatoms. The summed E-state index contributed by atoms with van der Waals surface area (Å²) in [4.78, 5) is 8.62. The number of benzene rings is 1. The second-order valence-corrected chi connectivity index (χ2v) is 3.79. The molecule has 0 aliphatic carbocycles. The van der Waals surface area contributed by atoms with E-state index in [4.69, 9.17) is 0 Å². The summed E-state index contributed by atoms with van der Waals surface area (Å²) in [5.41, 5.74) is 2.21. The Bertz CT molecular complexity index is 381. The molecule has 1 heterocycles. The number of H-pyrrole nitrogens is 1. The summed E-state index contributed by atoms with van der Waals surface area (Å²) in [6.07, 6.45) is 1.74. The molecule has 0 atom stereocenters. The van der Waals surface area contributed by atoms with E-state index in [1.807, 2.05) is 17.8 Å². The lowest BCUT2D eigenvalue weighted by Crippen LogP contribution is -1.76. The number of aromatic amines is 1. The monoisotopic (exact) mass is 178 g/mol. The van der Waals surface area contributed by atoms with Gasteiger partial charge < -0.3 is 4.98 Å². The van der Waals surface area contributed by atoms with E-state index in [2.05, 4.69) is 29.0 Å². The van der Waals surface area contributed by atoms with E-state index in [-0.39, 0.29) is 0 Å². The van der Waals surface area contributed by atoms with E-state index in [0.717, 1.165) is 16.8 Å². The zero-order chi connectivity index (χ0) is 8.39. The number of thioether (sulfide) groups is 1. The maximum atomic E-state index is 4.26. The van der Waals surface area contributed by atoms with E-state index in [1.54, 1.807) is 6.33 Å². The first-order valence-electron chi connectivity index (χ1n) is 3.96. The molecule has 1 aromatic carbocycles. The molecule has 0 bridgehead atoms. The Labute approximate surface area is 75.4 Å². The Morgan fingerprint density at radius 3 is 3.25 bits per heavy atom. The van der Waals surface area contributed by atoms with Crippen molar-refractivity contribution < 1.29 is 0 Å². The average Bonchev–Trinajstić information content (AvgIpc) is 2.53. The van der Waals surface area contributed by atoms with Gasteiger partial charge in [0.15, 0.2) is 0 Å². The van der Waals surface area contributed by atoms with Crippen molar-refractivity contribution in [2.45, 2.75) is 11.8 Å². The number of nitrogens with zero attached hydrogens (tertiary/aromatic N) is 1. The van der Waals surface area contributed by atoms with Gasteiger partial charge in [-0.05, 0) is 17.9 Å². The van der Waals surface area contributed by atoms with Crippen molar-refractivity contribution in [1.29, 1.82) is 0 Å². The molecule has 0 saturated heterocycles. The minimum atomic E-state index is 1.09. The minimum absolute atomic E-state index is 1.09. The highest BCUT2D eigenvalue weighted by Gasteiger charge is 2.01. The molecule has 12 heavy (non-hydrogen) atoms. The van der Waals surface area contributed by atoms with Gasteiger partial charge in [0, 0.05) is 4.90 Å². The van der Waals surface area contributed by atoms with Crippen LogP contribution in [0.1, 0.15) is 6.92 Å². The first kappa shape index (κ1) is 7.68. The zero-order valence-corrected chi connectivity index (χ0v) is 7.69. The molecule has 0 amide bonds. The van der Waals surface area contributed by atoms with Crippen LogP contribution in [0.3, 0.4) is 0 Å². The molecule has 0 radical (unpaired) electrons. The number of imidazole rings is 1. The summed E-state index contributed by atoms with van der Waals surface area (Å²) >= 11 is 1.83. The van der Waals surface area contributed by atoms with Crippen LogP contribution in [0.2, 0.25) is 0 Å². The largest absolute Gasteiger partial charge is 0.345 e. The molecule has 1 aromatic heterocycles. The van der Waals surface area contributed by atoms with Crippen molar-refractivity contribution in [2.75, 3.05) is 5.75 Å². The molecule has 2 rings (SSSR count). The van der Waals surface area contributed by atoms with Crippen molar-refractivity contribution in [3.05, 3.63) is 24.5 Å². The van der Waals surface area contributed by atoms with Crippen LogP contribution in [0, 0.1) is 0 Å². The first-order valence-corrected chi connectivity index (χ1v) is 4.95. The normalized spacial score (nSPS) is 10.8. The summed E-state index contributed by atoms with van der Waals surface area (Å²) in [5, 5.41) is 0. The summed E-state index contributed by atoms with van der Waals surface area (Å²) in [6, 6.07) is 6.21. The standard InChI is InChI=1S/C9H10N2S/c1-2-12-8-5-3-4-7-9(8)11-6-10-7/h3-6H,2H2,1H3,(H,10,11). The summed E-state index contributed by atoms with van der Waals surface area (Å²) in [7, 11) is 0. The quantitative estimate of drug-likeness (QED) is 0.716. The third-order valence-corrected chi connectivity index (χ3v) is 2.64. The average molecular weight is 178 g/mol. The molecular weight excluding hydrogens is 168 g/mol. The van der Waals surface area contributed by atoms with Crippen LogP contribution < -0.4 is 0 Å². The van der Waals surface area contributed by atoms with Gasteiger partial charge in [-0.25, -0.2) is 4.98 Å². The van der Waals surface area contributed by atoms with Crippen molar-refractivity contribution in [2.24, 2.45) is 0 Å². The predicted molar refractivity (Wildman–Crippen MR) is 52.5 cm³/mol. The van der Waals surface area contributed by atoms with Crippen molar-refractivity contribution in [3.63, 3.8) is 0 Å². The third kappa shape index (κ3) is 1.20. The molecule has 0 aliphatic heterocycles. The van der Waals surface area contributed by atoms with E-state index >= 15 is 0 Å². The van der Waals surface area contributed by atoms with Gasteiger partial charge in [0.1, 0.15) is 5.52 Å². The maximum Gasteiger partial charge on any atom is 0.102 e. The van der Waals surface area contributed by atoms with Crippen LogP contribution in [0.25, 0.3) is 11.0 Å². The lowest BCUT2D eigenvalue weighted by molar-refractivity contribution is 1.33. The Balaban J connectivity index is 2.57. The predicted octanol–water partition coefficient (Wildman–Crippen LogP) is 2.67. The second-order valence-electron chi connectivity index (χ2n) is 2.49. The second kappa shape index (κ2) is 3.19. The number of hydrogen-bond donors (Lipinski definition) is 1. The van der Waals surface area contributed by atoms with Gasteiger partial charge in [0.2, 0.25) is 0 Å². The molecule has 62 valence electrons. The van der Waals surface area contributed by atoms with Crippen LogP contribution in [-0.2, 0) is 0 Å². The summed E-state index contributed by atoms with van der Waals surface area (Å²) in [6.45, 7) is 2.15. The van der Waals surface area contributed by atoms with Gasteiger partial charge in [-0.1, -0.05) is 13.0 Å². The van der Waals surface area contributed by atoms with Crippen molar-refractivity contribution in [1.82, 2.24) is 9.97 Å². The lowest BCUT2D eigenvalue weighted by Gasteiger charge is -1.97. The molecule has 0 saturated carbocycles. The van der Waals surface area contributed by atoms with Crippen LogP contribution in [-0.4, -0.2) is 15.7 Å². The molecule has 0 spiro atoms. The van der Waals surface area contributed by atoms with Crippen LogP contribution >= 0.6 is 11.8 Å². The van der Waals surface area contributed by atoms with Gasteiger partial charge in [0.05, 0.1) is 11.8 Å². The fourth-order valence-electron chi connectivity index (χ4n) is 1.21. The van der Waals surface area contributed by atoms with Crippen LogP contribution in [0.5, 0.6) is 0 Å². The number of aromatic nitrogens is 2. The van der Waals surface area contributed by atoms with E-state index in [1.165, 1.54) is 4.90 Å². The molecule has 0 aliphatic rings. The number of para-hydroxylation sites is 1. The SMILES string of the molecule is CCSc1cccc2[nH]cnc12. The first-order chi connectivity index (χ1) is 5.92. The number of fused-ring (bicyclic) bond motifs is 1. The van der Waals surface area contributed by atoms with Crippen LogP contribution in [0.4, 0.5) is 0 Å². The van der Waals surface area contributed by atoms with E-state index < -0.39 is 0 Å². The number of nitrogens with one attached hydrogen (secondary N) is 1. The third-order valence-electron chi connectivity index (χ3n) is 1.71. The van der Waals surface area contributed by atoms with Gasteiger partial charge in [-0.2, -0.15) is 0 Å². The van der Waals surface area contributed by atoms with E-state index in [9.17, 15) is 0 Å². The minimum Gasteiger partial charge on any atom is -0.345 e. The summed E-state index contributed by atoms with van der Waals surface area (Å²) in [5.74, 6) is 1.09. The Kier molecular flexibility index (Phi) is 2.04. The van der Waals surface area contributed by atoms with Crippen LogP contribution in [0.15, 0.2) is 29.4 Å². The zero-order valence-electron chi connectivity index (χ0n) is 6.87. The Morgan fingerprint density at radius 1 is 1.50 bits per heavy atom. The smallest absolute Gasteiger partial charge is 0.102 e. The Morgan fingerprint density at radius 2 is 2.42 bits per heavy atom. The van der Waals surface area contributed by atoms with Crippen molar-refractivity contribution >= 4 is 22.8 Å². The number of hydrogen-bond acceptors (Lipinski definition) is 2. The Hall–Kier alpha value is -0.960. The molecule has 2 nitrogen and oxygen atoms in total. The van der Waals surface area contributed by atoms with Gasteiger partial charge in [-0.3, -0.25) is 0 Å². The molecular formula is C9H10N2S. The van der Waals surface area contributed by atoms with Gasteiger partial charge in [-0.15, -0.1) is 11.8 Å². The topological polar surface area (TPSA) is 28.7 Å². The van der Waals surface area contributed by atoms with Crippen molar-refractivity contribution in [3.8, 4) is 0 Å². The van der Waals surface area contributed by atoms with Gasteiger partial charge >= 0.3 is 0 Å². The fourth-order valence-corrected chi connectivity index (χ4v) is 2.00. The molecule has 2 aromatic rings. The summed E-state index contributed by atoms with van der Waals surface area (Å²) < 4.78 is 0. The molecule has 0 fully saturated rings. The maximum absolute atomic E-state index is 4.26. The highest BCUT2D eigenvalue weighted by Crippen LogP contribution is 2.24. The highest BCUT2D eigenvalue weighted by atomic mass is 32.2. The lowest BCUT2D eigenvalue weighted by atomic mass is 10.3.